The fourth-order valence-electron chi connectivity index (χ4n) is 0.289. The lowest BCUT2D eigenvalue weighted by Gasteiger charge is -1.89. The van der Waals surface area contributed by atoms with Crippen molar-refractivity contribution in [2.45, 2.75) is 6.42 Å². The Hall–Kier alpha value is -1.12. The zero-order valence-electron chi connectivity index (χ0n) is 5.29. The Balaban J connectivity index is 3.65. The van der Waals surface area contributed by atoms with Crippen molar-refractivity contribution in [3.8, 4) is 0 Å². The van der Waals surface area contributed by atoms with Crippen LogP contribution in [-0.4, -0.2) is 24.3 Å². The third kappa shape index (κ3) is 3.46. The average Bonchev–Trinajstić information content (AvgIpc) is 1.82. The Morgan fingerprint density at radius 2 is 2.44 bits per heavy atom. The minimum Gasteiger partial charge on any atom is -0.478 e. The van der Waals surface area contributed by atoms with Gasteiger partial charge in [-0.25, -0.2) is 4.79 Å². The molecule has 0 aromatic rings. The number of aliphatic imine (C=N–C) groups is 1. The van der Waals surface area contributed by atoms with E-state index in [4.69, 9.17) is 5.11 Å². The molecular weight excluding hydrogens is 118 g/mol. The summed E-state index contributed by atoms with van der Waals surface area (Å²) in [6.07, 6.45) is 1.84. The molecule has 3 nitrogen and oxygen atoms in total. The number of carbonyl (C=O) groups is 1. The van der Waals surface area contributed by atoms with Crippen molar-refractivity contribution in [2.75, 3.05) is 7.05 Å². The van der Waals surface area contributed by atoms with Crippen molar-refractivity contribution in [1.82, 2.24) is 0 Å². The van der Waals surface area contributed by atoms with E-state index in [9.17, 15) is 4.79 Å². The van der Waals surface area contributed by atoms with Gasteiger partial charge in [-0.05, 0) is 0 Å². The first-order chi connectivity index (χ1) is 4.18. The van der Waals surface area contributed by atoms with Crippen LogP contribution in [0.25, 0.3) is 0 Å². The Kier molecular flexibility index (Phi) is 3.35. The van der Waals surface area contributed by atoms with Crippen molar-refractivity contribution in [1.29, 1.82) is 0 Å². The normalized spacial score (nSPS) is 9.89. The van der Waals surface area contributed by atoms with Crippen LogP contribution in [0, 0.1) is 0 Å². The van der Waals surface area contributed by atoms with E-state index in [0.29, 0.717) is 6.42 Å². The Bertz CT molecular complexity index is 149. The van der Waals surface area contributed by atoms with Crippen LogP contribution in [0.15, 0.2) is 17.1 Å². The van der Waals surface area contributed by atoms with E-state index in [1.165, 1.54) is 6.21 Å². The van der Waals surface area contributed by atoms with Gasteiger partial charge in [-0.2, -0.15) is 0 Å². The van der Waals surface area contributed by atoms with Gasteiger partial charge in [0.25, 0.3) is 0 Å². The van der Waals surface area contributed by atoms with Crippen LogP contribution in [0.2, 0.25) is 0 Å². The maximum absolute atomic E-state index is 10.0. The highest BCUT2D eigenvalue weighted by atomic mass is 16.4. The van der Waals surface area contributed by atoms with Gasteiger partial charge in [0.1, 0.15) is 0 Å². The Morgan fingerprint density at radius 1 is 1.89 bits per heavy atom. The summed E-state index contributed by atoms with van der Waals surface area (Å²) in [5, 5.41) is 8.25. The summed E-state index contributed by atoms with van der Waals surface area (Å²) in [6.45, 7) is 3.30. The lowest BCUT2D eigenvalue weighted by atomic mass is 10.2. The highest BCUT2D eigenvalue weighted by molar-refractivity contribution is 5.89. The largest absolute Gasteiger partial charge is 0.478 e. The number of carboxylic acids is 1. The van der Waals surface area contributed by atoms with Crippen molar-refractivity contribution in [2.24, 2.45) is 4.99 Å². The second kappa shape index (κ2) is 3.83. The average molecular weight is 127 g/mol. The smallest absolute Gasteiger partial charge is 0.331 e. The number of hydrogen-bond acceptors (Lipinski definition) is 2. The second-order valence-electron chi connectivity index (χ2n) is 1.55. The molecule has 0 heterocycles. The first kappa shape index (κ1) is 7.88. The van der Waals surface area contributed by atoms with Gasteiger partial charge in [0.05, 0.1) is 0 Å². The van der Waals surface area contributed by atoms with E-state index < -0.39 is 5.97 Å². The number of nitrogens with zero attached hydrogens (tertiary/aromatic N) is 1. The summed E-state index contributed by atoms with van der Waals surface area (Å²) in [4.78, 5) is 13.7. The van der Waals surface area contributed by atoms with Gasteiger partial charge in [-0.3, -0.25) is 0 Å². The maximum Gasteiger partial charge on any atom is 0.331 e. The number of hydrogen-bond donors (Lipinski definition) is 1. The summed E-state index contributed by atoms with van der Waals surface area (Å²) in [5.74, 6) is -0.963. The minimum absolute atomic E-state index is 0.167. The molecule has 0 bridgehead atoms. The monoisotopic (exact) mass is 127 g/mol. The van der Waals surface area contributed by atoms with Crippen LogP contribution >= 0.6 is 0 Å². The molecule has 1 N–H and O–H groups in total. The molecule has 9 heavy (non-hydrogen) atoms. The second-order valence-corrected chi connectivity index (χ2v) is 1.55. The van der Waals surface area contributed by atoms with Gasteiger partial charge >= 0.3 is 5.97 Å². The van der Waals surface area contributed by atoms with Crippen LogP contribution in [0.4, 0.5) is 0 Å². The zero-order valence-corrected chi connectivity index (χ0v) is 5.29. The molecule has 0 aliphatic heterocycles. The van der Waals surface area contributed by atoms with Crippen molar-refractivity contribution < 1.29 is 9.90 Å². The third-order valence-corrected chi connectivity index (χ3v) is 0.823. The quantitative estimate of drug-likeness (QED) is 0.448. The Labute approximate surface area is 53.7 Å². The summed E-state index contributed by atoms with van der Waals surface area (Å²) in [7, 11) is 1.59. The van der Waals surface area contributed by atoms with Crippen molar-refractivity contribution in [3.05, 3.63) is 12.2 Å². The number of carboxylic acid groups (broad SMARTS) is 1. The first-order valence-corrected chi connectivity index (χ1v) is 2.50. The van der Waals surface area contributed by atoms with Gasteiger partial charge in [0, 0.05) is 25.3 Å². The van der Waals surface area contributed by atoms with E-state index in [1.54, 1.807) is 7.05 Å². The highest BCUT2D eigenvalue weighted by Crippen LogP contribution is 1.92. The van der Waals surface area contributed by atoms with Crippen LogP contribution in [0.3, 0.4) is 0 Å². The van der Waals surface area contributed by atoms with Crippen molar-refractivity contribution in [3.63, 3.8) is 0 Å². The van der Waals surface area contributed by atoms with E-state index in [-0.39, 0.29) is 5.57 Å². The molecule has 0 amide bonds. The molecular formula is C6H9NO2. The van der Waals surface area contributed by atoms with Gasteiger partial charge in [-0.1, -0.05) is 6.58 Å². The Morgan fingerprint density at radius 3 is 2.78 bits per heavy atom. The summed E-state index contributed by atoms with van der Waals surface area (Å²) in [6, 6.07) is 0. The number of aliphatic carboxylic acids is 1. The van der Waals surface area contributed by atoms with E-state index in [1.807, 2.05) is 0 Å². The van der Waals surface area contributed by atoms with Crippen LogP contribution in [0.1, 0.15) is 6.42 Å². The van der Waals surface area contributed by atoms with Gasteiger partial charge in [0.2, 0.25) is 0 Å². The molecule has 0 atom stereocenters. The van der Waals surface area contributed by atoms with Crippen LogP contribution < -0.4 is 0 Å². The molecule has 0 aromatic carbocycles. The van der Waals surface area contributed by atoms with E-state index in [2.05, 4.69) is 11.6 Å². The van der Waals surface area contributed by atoms with Gasteiger partial charge in [0.15, 0.2) is 0 Å². The fourth-order valence-corrected chi connectivity index (χ4v) is 0.289. The molecule has 0 saturated carbocycles. The molecule has 0 aromatic heterocycles. The third-order valence-electron chi connectivity index (χ3n) is 0.823. The van der Waals surface area contributed by atoms with Crippen LogP contribution in [-0.2, 0) is 4.79 Å². The lowest BCUT2D eigenvalue weighted by Crippen LogP contribution is -1.98. The highest BCUT2D eigenvalue weighted by Gasteiger charge is 1.99. The predicted molar refractivity (Wildman–Crippen MR) is 35.8 cm³/mol. The molecule has 0 fully saturated rings. The van der Waals surface area contributed by atoms with Gasteiger partial charge < -0.3 is 10.1 Å². The molecule has 0 aliphatic carbocycles. The maximum atomic E-state index is 10.0. The van der Waals surface area contributed by atoms with E-state index >= 15 is 0 Å². The first-order valence-electron chi connectivity index (χ1n) is 2.50. The van der Waals surface area contributed by atoms with Crippen LogP contribution in [0.5, 0.6) is 0 Å². The summed E-state index contributed by atoms with van der Waals surface area (Å²) < 4.78 is 0. The molecule has 0 radical (unpaired) electrons. The molecule has 0 spiro atoms. The molecule has 3 heteroatoms. The van der Waals surface area contributed by atoms with Crippen molar-refractivity contribution >= 4 is 12.2 Å². The number of rotatable bonds is 3. The summed E-state index contributed by atoms with van der Waals surface area (Å²) >= 11 is 0. The van der Waals surface area contributed by atoms with E-state index in [0.717, 1.165) is 0 Å². The fraction of sp³-hybridized carbons (Fsp3) is 0.333. The van der Waals surface area contributed by atoms with Gasteiger partial charge in [-0.15, -0.1) is 0 Å². The minimum atomic E-state index is -0.963. The lowest BCUT2D eigenvalue weighted by molar-refractivity contribution is -0.132. The standard InChI is InChI=1S/C6H9NO2/c1-5(6(8)9)3-4-7-2/h4H,1,3H2,2H3,(H,8,9). The summed E-state index contributed by atoms with van der Waals surface area (Å²) in [5.41, 5.74) is 0.167. The molecule has 0 aliphatic rings. The molecule has 0 saturated heterocycles. The zero-order chi connectivity index (χ0) is 7.28. The molecule has 0 rings (SSSR count). The topological polar surface area (TPSA) is 49.7 Å². The SMILES string of the molecule is C=C(CC=NC)C(=O)O. The predicted octanol–water partition coefficient (Wildman–Crippen LogP) is 0.718. The molecule has 50 valence electrons. The molecule has 0 unspecified atom stereocenters.